The number of hydrogen-bond donors (Lipinski definition) is 1. The highest BCUT2D eigenvalue weighted by Crippen LogP contribution is 2.44. The van der Waals surface area contributed by atoms with Gasteiger partial charge in [-0.15, -0.1) is 0 Å². The molecule has 1 N–H and O–H groups in total. The summed E-state index contributed by atoms with van der Waals surface area (Å²) in [6, 6.07) is 13.9. The van der Waals surface area contributed by atoms with Crippen molar-refractivity contribution in [1.29, 1.82) is 0 Å². The largest absolute Gasteiger partial charge is 0.441 e. The normalized spacial score (nSPS) is 18.4. The lowest BCUT2D eigenvalue weighted by Gasteiger charge is -2.32. The van der Waals surface area contributed by atoms with E-state index >= 15 is 0 Å². The first kappa shape index (κ1) is 17.2. The number of aryl methyl sites for hydroxylation is 1. The molecular formula is C21H17Cl2NO2. The van der Waals surface area contributed by atoms with Crippen molar-refractivity contribution in [3.05, 3.63) is 86.7 Å². The summed E-state index contributed by atoms with van der Waals surface area (Å²) < 4.78 is 6.08. The van der Waals surface area contributed by atoms with Crippen LogP contribution in [0.5, 0.6) is 0 Å². The first-order valence-corrected chi connectivity index (χ1v) is 9.22. The second kappa shape index (κ2) is 6.82. The minimum atomic E-state index is -0.169. The number of carbonyl (C=O) groups is 1. The van der Waals surface area contributed by atoms with Crippen molar-refractivity contribution in [2.75, 3.05) is 0 Å². The molecule has 132 valence electrons. The van der Waals surface area contributed by atoms with E-state index < -0.39 is 0 Å². The van der Waals surface area contributed by atoms with E-state index in [1.54, 1.807) is 6.07 Å². The molecule has 0 saturated carbocycles. The molecule has 2 aliphatic rings. The van der Waals surface area contributed by atoms with Gasteiger partial charge in [-0.05, 0) is 47.8 Å². The lowest BCUT2D eigenvalue weighted by Crippen LogP contribution is -2.26. The number of ether oxygens (including phenoxy) is 1. The maximum atomic E-state index is 11.6. The molecule has 1 amide bonds. The van der Waals surface area contributed by atoms with Gasteiger partial charge in [-0.3, -0.25) is 10.1 Å². The van der Waals surface area contributed by atoms with Crippen LogP contribution in [0, 0.1) is 0 Å². The molecule has 0 spiro atoms. The second-order valence-corrected chi connectivity index (χ2v) is 7.29. The van der Waals surface area contributed by atoms with Crippen LogP contribution >= 0.6 is 23.2 Å². The van der Waals surface area contributed by atoms with Crippen LogP contribution in [0.1, 0.15) is 36.0 Å². The van der Waals surface area contributed by atoms with Crippen LogP contribution in [0.2, 0.25) is 10.0 Å². The standard InChI is InChI=1S/C21H17Cl2NO2/c1-12(25)24-20-11-17(14-7-9-18(22)19(23)10-14)16-8-6-13-4-2-3-5-15(13)21(16)26-20/h2-5,7,9-11,17H,6,8H2,1H3,(H,24,25). The van der Waals surface area contributed by atoms with Crippen molar-refractivity contribution in [3.8, 4) is 0 Å². The highest BCUT2D eigenvalue weighted by atomic mass is 35.5. The van der Waals surface area contributed by atoms with Crippen LogP contribution in [0.25, 0.3) is 5.76 Å². The van der Waals surface area contributed by atoms with E-state index in [4.69, 9.17) is 27.9 Å². The Morgan fingerprint density at radius 2 is 1.92 bits per heavy atom. The maximum Gasteiger partial charge on any atom is 0.223 e. The Hall–Kier alpha value is -2.23. The van der Waals surface area contributed by atoms with Gasteiger partial charge >= 0.3 is 0 Å². The average Bonchev–Trinajstić information content (AvgIpc) is 2.63. The lowest BCUT2D eigenvalue weighted by molar-refractivity contribution is -0.118. The van der Waals surface area contributed by atoms with Gasteiger partial charge < -0.3 is 4.74 Å². The zero-order chi connectivity index (χ0) is 18.3. The summed E-state index contributed by atoms with van der Waals surface area (Å²) in [4.78, 5) is 11.6. The molecule has 1 atom stereocenters. The quantitative estimate of drug-likeness (QED) is 0.746. The molecule has 0 bridgehead atoms. The van der Waals surface area contributed by atoms with Gasteiger partial charge in [0.15, 0.2) is 5.88 Å². The molecule has 3 nitrogen and oxygen atoms in total. The number of fused-ring (bicyclic) bond motifs is 2. The fourth-order valence-electron chi connectivity index (χ4n) is 3.57. The third-order valence-corrected chi connectivity index (χ3v) is 5.46. The van der Waals surface area contributed by atoms with Gasteiger partial charge in [-0.2, -0.15) is 0 Å². The Morgan fingerprint density at radius 3 is 2.69 bits per heavy atom. The number of benzene rings is 2. The number of hydrogen-bond acceptors (Lipinski definition) is 2. The Labute approximate surface area is 162 Å². The van der Waals surface area contributed by atoms with E-state index in [9.17, 15) is 4.79 Å². The summed E-state index contributed by atoms with van der Waals surface area (Å²) in [7, 11) is 0. The Morgan fingerprint density at radius 1 is 1.12 bits per heavy atom. The molecule has 2 aromatic carbocycles. The third kappa shape index (κ3) is 3.13. The number of allylic oxidation sites excluding steroid dienone is 2. The Kier molecular flexibility index (Phi) is 4.51. The third-order valence-electron chi connectivity index (χ3n) is 4.72. The van der Waals surface area contributed by atoms with Crippen LogP contribution < -0.4 is 5.32 Å². The van der Waals surface area contributed by atoms with Gasteiger partial charge in [0, 0.05) is 18.4 Å². The number of rotatable bonds is 2. The predicted molar refractivity (Wildman–Crippen MR) is 104 cm³/mol. The number of nitrogens with one attached hydrogen (secondary N) is 1. The van der Waals surface area contributed by atoms with E-state index in [0.717, 1.165) is 29.7 Å². The molecule has 26 heavy (non-hydrogen) atoms. The predicted octanol–water partition coefficient (Wildman–Crippen LogP) is 5.44. The van der Waals surface area contributed by atoms with Crippen molar-refractivity contribution in [1.82, 2.24) is 5.32 Å². The summed E-state index contributed by atoms with van der Waals surface area (Å²) in [5, 5.41) is 3.82. The summed E-state index contributed by atoms with van der Waals surface area (Å²) in [6.45, 7) is 1.47. The molecule has 0 fully saturated rings. The Balaban J connectivity index is 1.84. The molecular weight excluding hydrogens is 369 g/mol. The molecule has 5 heteroatoms. The average molecular weight is 386 g/mol. The van der Waals surface area contributed by atoms with Gasteiger partial charge in [-0.25, -0.2) is 0 Å². The van der Waals surface area contributed by atoms with Crippen molar-refractivity contribution in [3.63, 3.8) is 0 Å². The van der Waals surface area contributed by atoms with E-state index in [-0.39, 0.29) is 11.8 Å². The lowest BCUT2D eigenvalue weighted by atomic mass is 9.80. The van der Waals surface area contributed by atoms with Crippen molar-refractivity contribution < 1.29 is 9.53 Å². The van der Waals surface area contributed by atoms with Crippen LogP contribution in [-0.4, -0.2) is 5.91 Å². The number of amides is 1. The van der Waals surface area contributed by atoms with Crippen LogP contribution in [0.3, 0.4) is 0 Å². The zero-order valence-electron chi connectivity index (χ0n) is 14.2. The van der Waals surface area contributed by atoms with Crippen molar-refractivity contribution in [2.45, 2.75) is 25.7 Å². The highest BCUT2D eigenvalue weighted by molar-refractivity contribution is 6.42. The Bertz CT molecular complexity index is 962. The number of halogens is 2. The van der Waals surface area contributed by atoms with Crippen LogP contribution in [-0.2, 0) is 16.0 Å². The molecule has 1 heterocycles. The maximum absolute atomic E-state index is 11.6. The van der Waals surface area contributed by atoms with Crippen LogP contribution in [0.4, 0.5) is 0 Å². The summed E-state index contributed by atoms with van der Waals surface area (Å²) in [5.74, 6) is 1.08. The minimum absolute atomic E-state index is 0.0243. The molecule has 0 saturated heterocycles. The molecule has 0 radical (unpaired) electrons. The molecule has 0 aromatic heterocycles. The minimum Gasteiger partial charge on any atom is -0.441 e. The van der Waals surface area contributed by atoms with Crippen molar-refractivity contribution in [2.24, 2.45) is 0 Å². The molecule has 1 unspecified atom stereocenters. The van der Waals surface area contributed by atoms with E-state index in [0.29, 0.717) is 15.9 Å². The summed E-state index contributed by atoms with van der Waals surface area (Å²) >= 11 is 12.3. The summed E-state index contributed by atoms with van der Waals surface area (Å²) in [6.07, 6.45) is 3.79. The molecule has 1 aliphatic carbocycles. The monoisotopic (exact) mass is 385 g/mol. The number of carbonyl (C=O) groups excluding carboxylic acids is 1. The van der Waals surface area contributed by atoms with Gasteiger partial charge in [0.25, 0.3) is 0 Å². The van der Waals surface area contributed by atoms with E-state index in [1.165, 1.54) is 18.1 Å². The molecule has 1 aliphatic heterocycles. The van der Waals surface area contributed by atoms with Gasteiger partial charge in [0.1, 0.15) is 5.76 Å². The zero-order valence-corrected chi connectivity index (χ0v) is 15.7. The van der Waals surface area contributed by atoms with Crippen LogP contribution in [0.15, 0.2) is 60.0 Å². The first-order valence-electron chi connectivity index (χ1n) is 8.46. The van der Waals surface area contributed by atoms with Gasteiger partial charge in [0.05, 0.1) is 10.0 Å². The molecule has 4 rings (SSSR count). The first-order chi connectivity index (χ1) is 12.5. The van der Waals surface area contributed by atoms with Crippen molar-refractivity contribution >= 4 is 34.9 Å². The SMILES string of the molecule is CC(=O)NC1=CC(c2ccc(Cl)c(Cl)c2)C2=C(O1)c1ccccc1CC2. The van der Waals surface area contributed by atoms with E-state index in [1.807, 2.05) is 30.3 Å². The van der Waals surface area contributed by atoms with Gasteiger partial charge in [0.2, 0.25) is 5.91 Å². The second-order valence-electron chi connectivity index (χ2n) is 6.48. The summed E-state index contributed by atoms with van der Waals surface area (Å²) in [5.41, 5.74) is 4.55. The fraction of sp³-hybridized carbons (Fsp3) is 0.190. The van der Waals surface area contributed by atoms with Gasteiger partial charge in [-0.1, -0.05) is 53.5 Å². The topological polar surface area (TPSA) is 38.3 Å². The fourth-order valence-corrected chi connectivity index (χ4v) is 3.88. The van der Waals surface area contributed by atoms with E-state index in [2.05, 4.69) is 17.4 Å². The highest BCUT2D eigenvalue weighted by Gasteiger charge is 2.31. The smallest absolute Gasteiger partial charge is 0.223 e. The molecule has 2 aromatic rings.